The zero-order valence-electron chi connectivity index (χ0n) is 17.0. The molecule has 8 nitrogen and oxygen atoms in total. The minimum absolute atomic E-state index is 0.0287. The van der Waals surface area contributed by atoms with Crippen molar-refractivity contribution in [2.45, 2.75) is 6.54 Å². The Morgan fingerprint density at radius 1 is 1.06 bits per heavy atom. The lowest BCUT2D eigenvalue weighted by atomic mass is 10.1. The van der Waals surface area contributed by atoms with Gasteiger partial charge in [0.2, 0.25) is 11.3 Å². The van der Waals surface area contributed by atoms with Crippen LogP contribution in [-0.4, -0.2) is 54.5 Å². The minimum Gasteiger partial charge on any atom is -0.379 e. The van der Waals surface area contributed by atoms with Crippen molar-refractivity contribution < 1.29 is 14.3 Å². The van der Waals surface area contributed by atoms with Crippen LogP contribution in [0.15, 0.2) is 59.5 Å². The number of rotatable bonds is 6. The van der Waals surface area contributed by atoms with Gasteiger partial charge in [0, 0.05) is 42.4 Å². The Balaban J connectivity index is 1.34. The number of fused-ring (bicyclic) bond motifs is 1. The third-order valence-electron chi connectivity index (χ3n) is 5.16. The smallest absolute Gasteiger partial charge is 0.257 e. The molecule has 2 aromatic carbocycles. The van der Waals surface area contributed by atoms with Gasteiger partial charge in [-0.05, 0) is 29.8 Å². The van der Waals surface area contributed by atoms with Crippen LogP contribution in [0.1, 0.15) is 15.9 Å². The Kier molecular flexibility index (Phi) is 6.40. The van der Waals surface area contributed by atoms with Gasteiger partial charge in [-0.1, -0.05) is 24.3 Å². The standard InChI is InChI=1S/C23H24N4O4/c28-21(26-17-5-3-4-16(12-17)15-27-8-10-31-11-9-27)14-25-23(30)19-13-24-20-7-2-1-6-18(20)22(19)29/h1-7,12-13H,8-11,14-15H2,(H,24,29)(H,25,30)(H,26,28). The number of pyridine rings is 1. The Morgan fingerprint density at radius 2 is 1.87 bits per heavy atom. The number of nitrogens with zero attached hydrogens (tertiary/aromatic N) is 1. The highest BCUT2D eigenvalue weighted by atomic mass is 16.5. The predicted octanol–water partition coefficient (Wildman–Crippen LogP) is 1.73. The van der Waals surface area contributed by atoms with Gasteiger partial charge in [-0.25, -0.2) is 0 Å². The lowest BCUT2D eigenvalue weighted by Crippen LogP contribution is -2.36. The summed E-state index contributed by atoms with van der Waals surface area (Å²) in [6.07, 6.45) is 1.37. The molecular weight excluding hydrogens is 396 g/mol. The number of amides is 2. The van der Waals surface area contributed by atoms with Gasteiger partial charge in [-0.3, -0.25) is 19.3 Å². The first kappa shape index (κ1) is 20.8. The normalized spacial score (nSPS) is 14.3. The summed E-state index contributed by atoms with van der Waals surface area (Å²) in [5, 5.41) is 5.73. The monoisotopic (exact) mass is 420 g/mol. The van der Waals surface area contributed by atoms with Crippen molar-refractivity contribution in [1.82, 2.24) is 15.2 Å². The van der Waals surface area contributed by atoms with Crippen LogP contribution in [0.4, 0.5) is 5.69 Å². The molecule has 0 aliphatic carbocycles. The molecule has 2 amide bonds. The van der Waals surface area contributed by atoms with E-state index in [1.54, 1.807) is 30.3 Å². The minimum atomic E-state index is -0.594. The molecule has 3 aromatic rings. The second kappa shape index (κ2) is 9.55. The van der Waals surface area contributed by atoms with E-state index in [1.807, 2.05) is 18.2 Å². The van der Waals surface area contributed by atoms with E-state index in [-0.39, 0.29) is 23.4 Å². The Labute approximate surface area is 179 Å². The molecule has 31 heavy (non-hydrogen) atoms. The third kappa shape index (κ3) is 5.17. The fraction of sp³-hybridized carbons (Fsp3) is 0.261. The van der Waals surface area contributed by atoms with Crippen LogP contribution in [-0.2, 0) is 16.1 Å². The van der Waals surface area contributed by atoms with E-state index < -0.39 is 5.91 Å². The molecule has 4 rings (SSSR count). The zero-order valence-corrected chi connectivity index (χ0v) is 17.0. The van der Waals surface area contributed by atoms with E-state index in [2.05, 4.69) is 20.5 Å². The molecule has 2 heterocycles. The van der Waals surface area contributed by atoms with E-state index in [9.17, 15) is 14.4 Å². The summed E-state index contributed by atoms with van der Waals surface area (Å²) in [7, 11) is 0. The molecule has 1 aliphatic rings. The van der Waals surface area contributed by atoms with Crippen LogP contribution in [0.5, 0.6) is 0 Å². The summed E-state index contributed by atoms with van der Waals surface area (Å²) in [6.45, 7) is 3.78. The van der Waals surface area contributed by atoms with E-state index >= 15 is 0 Å². The SMILES string of the molecule is O=C(CNC(=O)c1c[nH]c2ccccc2c1=O)Nc1cccc(CN2CCOCC2)c1. The number of nitrogens with one attached hydrogen (secondary N) is 3. The molecule has 0 spiro atoms. The summed E-state index contributed by atoms with van der Waals surface area (Å²) in [5.41, 5.74) is 2.00. The molecule has 0 atom stereocenters. The fourth-order valence-corrected chi connectivity index (χ4v) is 3.56. The molecule has 1 aliphatic heterocycles. The van der Waals surface area contributed by atoms with Gasteiger partial charge >= 0.3 is 0 Å². The molecule has 160 valence electrons. The molecule has 0 bridgehead atoms. The van der Waals surface area contributed by atoms with Gasteiger partial charge in [-0.15, -0.1) is 0 Å². The third-order valence-corrected chi connectivity index (χ3v) is 5.16. The summed E-state index contributed by atoms with van der Waals surface area (Å²) in [4.78, 5) is 42.5. The van der Waals surface area contributed by atoms with Crippen LogP contribution < -0.4 is 16.1 Å². The topological polar surface area (TPSA) is 104 Å². The Bertz CT molecular complexity index is 1150. The van der Waals surface area contributed by atoms with E-state index in [4.69, 9.17) is 4.74 Å². The van der Waals surface area contributed by atoms with Gasteiger partial charge in [0.05, 0.1) is 19.8 Å². The molecule has 0 radical (unpaired) electrons. The molecule has 1 saturated heterocycles. The quantitative estimate of drug-likeness (QED) is 0.564. The number of H-pyrrole nitrogens is 1. The van der Waals surface area contributed by atoms with Crippen molar-refractivity contribution in [1.29, 1.82) is 0 Å². The molecule has 0 unspecified atom stereocenters. The van der Waals surface area contributed by atoms with E-state index in [1.165, 1.54) is 6.20 Å². The fourth-order valence-electron chi connectivity index (χ4n) is 3.56. The van der Waals surface area contributed by atoms with Crippen molar-refractivity contribution in [3.05, 3.63) is 76.1 Å². The van der Waals surface area contributed by atoms with Crippen molar-refractivity contribution in [3.63, 3.8) is 0 Å². The Hall–Kier alpha value is -3.49. The average Bonchev–Trinajstić information content (AvgIpc) is 2.79. The van der Waals surface area contributed by atoms with Crippen LogP contribution in [0.3, 0.4) is 0 Å². The van der Waals surface area contributed by atoms with Crippen molar-refractivity contribution in [2.24, 2.45) is 0 Å². The number of para-hydroxylation sites is 1. The number of aromatic nitrogens is 1. The molecule has 3 N–H and O–H groups in total. The van der Waals surface area contributed by atoms with Gasteiger partial charge in [0.25, 0.3) is 5.91 Å². The summed E-state index contributed by atoms with van der Waals surface area (Å²) in [6, 6.07) is 14.6. The van der Waals surface area contributed by atoms with E-state index in [0.29, 0.717) is 16.6 Å². The van der Waals surface area contributed by atoms with Gasteiger partial charge in [0.15, 0.2) is 0 Å². The number of morpholine rings is 1. The maximum Gasteiger partial charge on any atom is 0.257 e. The molecular formula is C23H24N4O4. The summed E-state index contributed by atoms with van der Waals surface area (Å²) < 4.78 is 5.37. The van der Waals surface area contributed by atoms with Crippen LogP contribution in [0.2, 0.25) is 0 Å². The molecule has 8 heteroatoms. The number of carbonyl (C=O) groups excluding carboxylic acids is 2. The second-order valence-electron chi connectivity index (χ2n) is 7.40. The molecule has 1 fully saturated rings. The number of ether oxygens (including phenoxy) is 1. The van der Waals surface area contributed by atoms with Gasteiger partial charge in [-0.2, -0.15) is 0 Å². The summed E-state index contributed by atoms with van der Waals surface area (Å²) in [5.74, 6) is -0.961. The van der Waals surface area contributed by atoms with Crippen LogP contribution >= 0.6 is 0 Å². The molecule has 1 aromatic heterocycles. The number of hydrogen-bond acceptors (Lipinski definition) is 5. The maximum atomic E-state index is 12.5. The summed E-state index contributed by atoms with van der Waals surface area (Å²) >= 11 is 0. The number of aromatic amines is 1. The Morgan fingerprint density at radius 3 is 2.71 bits per heavy atom. The first-order chi connectivity index (χ1) is 15.1. The largest absolute Gasteiger partial charge is 0.379 e. The van der Waals surface area contributed by atoms with E-state index in [0.717, 1.165) is 38.4 Å². The maximum absolute atomic E-state index is 12.5. The second-order valence-corrected chi connectivity index (χ2v) is 7.40. The lowest BCUT2D eigenvalue weighted by Gasteiger charge is -2.26. The van der Waals surface area contributed by atoms with Crippen molar-refractivity contribution in [3.8, 4) is 0 Å². The first-order valence-corrected chi connectivity index (χ1v) is 10.2. The highest BCUT2D eigenvalue weighted by molar-refractivity contribution is 6.00. The number of hydrogen-bond donors (Lipinski definition) is 3. The highest BCUT2D eigenvalue weighted by Gasteiger charge is 2.14. The lowest BCUT2D eigenvalue weighted by molar-refractivity contribution is -0.115. The molecule has 0 saturated carbocycles. The predicted molar refractivity (Wildman–Crippen MR) is 118 cm³/mol. The van der Waals surface area contributed by atoms with Gasteiger partial charge < -0.3 is 20.4 Å². The van der Waals surface area contributed by atoms with Crippen molar-refractivity contribution in [2.75, 3.05) is 38.2 Å². The van der Waals surface area contributed by atoms with Crippen molar-refractivity contribution >= 4 is 28.4 Å². The van der Waals surface area contributed by atoms with Crippen LogP contribution in [0.25, 0.3) is 10.9 Å². The zero-order chi connectivity index (χ0) is 21.6. The number of benzene rings is 2. The number of carbonyl (C=O) groups is 2. The highest BCUT2D eigenvalue weighted by Crippen LogP contribution is 2.13. The van der Waals surface area contributed by atoms with Gasteiger partial charge in [0.1, 0.15) is 5.56 Å². The number of anilines is 1. The average molecular weight is 420 g/mol. The van der Waals surface area contributed by atoms with Crippen LogP contribution in [0, 0.1) is 0 Å². The first-order valence-electron chi connectivity index (χ1n) is 10.2.